The molecule has 0 amide bonds. The first-order valence-corrected chi connectivity index (χ1v) is 5.07. The molecule has 0 saturated heterocycles. The van der Waals surface area contributed by atoms with E-state index in [0.29, 0.717) is 12.5 Å². The van der Waals surface area contributed by atoms with E-state index in [9.17, 15) is 0 Å². The van der Waals surface area contributed by atoms with Crippen molar-refractivity contribution in [3.8, 4) is 0 Å². The zero-order valence-corrected chi connectivity index (χ0v) is 9.00. The zero-order chi connectivity index (χ0) is 10.2. The highest BCUT2D eigenvalue weighted by molar-refractivity contribution is 6.18. The van der Waals surface area contributed by atoms with Crippen molar-refractivity contribution in [3.63, 3.8) is 0 Å². The minimum atomic E-state index is 0.204. The number of pyridine rings is 1. The van der Waals surface area contributed by atoms with Gasteiger partial charge in [0.15, 0.2) is 0 Å². The van der Waals surface area contributed by atoms with Crippen molar-refractivity contribution in [1.29, 1.82) is 0 Å². The van der Waals surface area contributed by atoms with Gasteiger partial charge >= 0.3 is 0 Å². The maximum absolute atomic E-state index is 5.76. The van der Waals surface area contributed by atoms with Gasteiger partial charge in [0.25, 0.3) is 0 Å². The highest BCUT2D eigenvalue weighted by Crippen LogP contribution is 1.97. The molecule has 0 aliphatic carbocycles. The van der Waals surface area contributed by atoms with Crippen molar-refractivity contribution in [2.45, 2.75) is 12.6 Å². The summed E-state index contributed by atoms with van der Waals surface area (Å²) in [6.07, 6.45) is 3.56. The van der Waals surface area contributed by atoms with E-state index in [1.807, 2.05) is 12.1 Å². The molecule has 1 rings (SSSR count). The molecule has 1 unspecified atom stereocenters. The Kier molecular flexibility index (Phi) is 5.52. The summed E-state index contributed by atoms with van der Waals surface area (Å²) in [5.41, 5.74) is 1.20. The van der Waals surface area contributed by atoms with Gasteiger partial charge in [-0.3, -0.25) is 4.98 Å². The molecule has 0 spiro atoms. The lowest BCUT2D eigenvalue weighted by molar-refractivity contribution is 0.172. The fourth-order valence-corrected chi connectivity index (χ4v) is 1.32. The van der Waals surface area contributed by atoms with Crippen molar-refractivity contribution in [2.24, 2.45) is 0 Å². The quantitative estimate of drug-likeness (QED) is 0.728. The smallest absolute Gasteiger partial charge is 0.0627 e. The third-order valence-electron chi connectivity index (χ3n) is 1.90. The molecule has 0 fully saturated rings. The Morgan fingerprint density at radius 2 is 2.21 bits per heavy atom. The Bertz CT molecular complexity index is 243. The molecular formula is C10H15ClN2O. The van der Waals surface area contributed by atoms with Crippen molar-refractivity contribution in [2.75, 3.05) is 19.6 Å². The molecule has 1 aromatic heterocycles. The van der Waals surface area contributed by atoms with E-state index in [2.05, 4.69) is 10.3 Å². The van der Waals surface area contributed by atoms with Crippen molar-refractivity contribution in [1.82, 2.24) is 10.3 Å². The number of alkyl halides is 1. The number of nitrogens with zero attached hydrogens (tertiary/aromatic N) is 1. The summed E-state index contributed by atoms with van der Waals surface area (Å²) in [4.78, 5) is 3.95. The molecule has 3 nitrogen and oxygen atoms in total. The van der Waals surface area contributed by atoms with Crippen LogP contribution in [0.25, 0.3) is 0 Å². The fraction of sp³-hybridized carbons (Fsp3) is 0.500. The minimum Gasteiger partial charge on any atom is -0.383 e. The van der Waals surface area contributed by atoms with Crippen LogP contribution in [-0.2, 0) is 11.3 Å². The van der Waals surface area contributed by atoms with Crippen LogP contribution in [0.4, 0.5) is 0 Å². The lowest BCUT2D eigenvalue weighted by Crippen LogP contribution is -2.34. The first kappa shape index (κ1) is 11.4. The lowest BCUT2D eigenvalue weighted by Gasteiger charge is -2.14. The molecule has 0 aliphatic heterocycles. The molecule has 0 aromatic carbocycles. The number of hydrogen-bond acceptors (Lipinski definition) is 3. The summed E-state index contributed by atoms with van der Waals surface area (Å²) >= 11 is 5.76. The summed E-state index contributed by atoms with van der Waals surface area (Å²) in [5, 5.41) is 3.30. The van der Waals surface area contributed by atoms with Crippen LogP contribution < -0.4 is 5.32 Å². The van der Waals surface area contributed by atoms with E-state index in [0.717, 1.165) is 6.54 Å². The number of ether oxygens (including phenoxy) is 1. The van der Waals surface area contributed by atoms with Crippen molar-refractivity contribution in [3.05, 3.63) is 30.1 Å². The second kappa shape index (κ2) is 6.76. The summed E-state index contributed by atoms with van der Waals surface area (Å²) < 4.78 is 5.02. The van der Waals surface area contributed by atoms with Crippen LogP contribution >= 0.6 is 11.6 Å². The molecular weight excluding hydrogens is 200 g/mol. The maximum atomic E-state index is 5.76. The molecule has 1 atom stereocenters. The van der Waals surface area contributed by atoms with Gasteiger partial charge in [0.2, 0.25) is 0 Å². The lowest BCUT2D eigenvalue weighted by atomic mass is 10.2. The Morgan fingerprint density at radius 3 is 2.79 bits per heavy atom. The van der Waals surface area contributed by atoms with E-state index in [-0.39, 0.29) is 6.04 Å². The molecule has 1 N–H and O–H groups in total. The van der Waals surface area contributed by atoms with Gasteiger partial charge in [0.1, 0.15) is 0 Å². The van der Waals surface area contributed by atoms with Crippen LogP contribution in [0.5, 0.6) is 0 Å². The topological polar surface area (TPSA) is 34.1 Å². The molecule has 1 heterocycles. The van der Waals surface area contributed by atoms with Crippen molar-refractivity contribution < 1.29 is 4.74 Å². The zero-order valence-electron chi connectivity index (χ0n) is 8.24. The van der Waals surface area contributed by atoms with E-state index in [1.165, 1.54) is 5.56 Å². The predicted octanol–water partition coefficient (Wildman–Crippen LogP) is 1.43. The number of aromatic nitrogens is 1. The Hall–Kier alpha value is -0.640. The summed E-state index contributed by atoms with van der Waals surface area (Å²) in [6.45, 7) is 1.43. The van der Waals surface area contributed by atoms with Gasteiger partial charge < -0.3 is 10.1 Å². The highest BCUT2D eigenvalue weighted by Gasteiger charge is 2.05. The summed E-state index contributed by atoms with van der Waals surface area (Å²) in [6, 6.07) is 4.16. The number of nitrogens with one attached hydrogen (secondary N) is 1. The molecule has 14 heavy (non-hydrogen) atoms. The minimum absolute atomic E-state index is 0.204. The Morgan fingerprint density at radius 1 is 1.50 bits per heavy atom. The van der Waals surface area contributed by atoms with Crippen LogP contribution in [0.3, 0.4) is 0 Å². The second-order valence-corrected chi connectivity index (χ2v) is 3.35. The molecule has 1 aromatic rings. The first-order chi connectivity index (χ1) is 6.86. The van der Waals surface area contributed by atoms with Crippen LogP contribution in [0, 0.1) is 0 Å². The highest BCUT2D eigenvalue weighted by atomic mass is 35.5. The molecule has 78 valence electrons. The van der Waals surface area contributed by atoms with E-state index in [1.54, 1.807) is 19.5 Å². The molecule has 0 aliphatic rings. The summed E-state index contributed by atoms with van der Waals surface area (Å²) in [5.74, 6) is 0.554. The second-order valence-electron chi connectivity index (χ2n) is 3.04. The van der Waals surface area contributed by atoms with Crippen LogP contribution in [-0.4, -0.2) is 30.6 Å². The Balaban J connectivity index is 2.32. The largest absolute Gasteiger partial charge is 0.383 e. The van der Waals surface area contributed by atoms with Gasteiger partial charge in [-0.05, 0) is 17.7 Å². The average molecular weight is 215 g/mol. The maximum Gasteiger partial charge on any atom is 0.0627 e. The van der Waals surface area contributed by atoms with Gasteiger partial charge in [0, 0.05) is 38.0 Å². The van der Waals surface area contributed by atoms with Gasteiger partial charge in [0.05, 0.1) is 6.61 Å². The molecule has 0 radical (unpaired) electrons. The number of halogens is 1. The standard InChI is InChI=1S/C10H15ClN2O/c1-14-8-10(6-11)13-7-9-2-4-12-5-3-9/h2-5,10,13H,6-8H2,1H3. The SMILES string of the molecule is COCC(CCl)NCc1ccncc1. The van der Waals surface area contributed by atoms with Gasteiger partial charge in [-0.2, -0.15) is 0 Å². The van der Waals surface area contributed by atoms with Gasteiger partial charge in [-0.15, -0.1) is 11.6 Å². The van der Waals surface area contributed by atoms with E-state index in [4.69, 9.17) is 16.3 Å². The number of rotatable bonds is 6. The summed E-state index contributed by atoms with van der Waals surface area (Å²) in [7, 11) is 1.67. The predicted molar refractivity (Wildman–Crippen MR) is 57.5 cm³/mol. The number of methoxy groups -OCH3 is 1. The van der Waals surface area contributed by atoms with E-state index < -0.39 is 0 Å². The van der Waals surface area contributed by atoms with Crippen molar-refractivity contribution >= 4 is 11.6 Å². The Labute approximate surface area is 89.4 Å². The third-order valence-corrected chi connectivity index (χ3v) is 2.27. The van der Waals surface area contributed by atoms with Crippen LogP contribution in [0.15, 0.2) is 24.5 Å². The monoisotopic (exact) mass is 214 g/mol. The molecule has 4 heteroatoms. The van der Waals surface area contributed by atoms with Crippen LogP contribution in [0.1, 0.15) is 5.56 Å². The molecule has 0 bridgehead atoms. The third kappa shape index (κ3) is 4.05. The molecule has 0 saturated carbocycles. The van der Waals surface area contributed by atoms with Gasteiger partial charge in [-0.1, -0.05) is 0 Å². The fourth-order valence-electron chi connectivity index (χ4n) is 1.12. The van der Waals surface area contributed by atoms with Crippen LogP contribution in [0.2, 0.25) is 0 Å². The first-order valence-electron chi connectivity index (χ1n) is 4.54. The van der Waals surface area contributed by atoms with Gasteiger partial charge in [-0.25, -0.2) is 0 Å². The van der Waals surface area contributed by atoms with E-state index >= 15 is 0 Å². The number of hydrogen-bond donors (Lipinski definition) is 1. The normalized spacial score (nSPS) is 12.7. The average Bonchev–Trinajstić information content (AvgIpc) is 2.25.